The van der Waals surface area contributed by atoms with E-state index in [1.165, 1.54) is 20.2 Å². The van der Waals surface area contributed by atoms with Gasteiger partial charge in [-0.05, 0) is 43.4 Å². The lowest BCUT2D eigenvalue weighted by Gasteiger charge is -2.06. The minimum Gasteiger partial charge on any atom is -0.389 e. The highest BCUT2D eigenvalue weighted by molar-refractivity contribution is 7.89. The van der Waals surface area contributed by atoms with Gasteiger partial charge in [-0.1, -0.05) is 12.1 Å². The number of ether oxygens (including phenoxy) is 1. The molecule has 3 heterocycles. The Labute approximate surface area is 182 Å². The molecular formula is C21H18N6O4S. The molecule has 3 aromatic heterocycles. The van der Waals surface area contributed by atoms with Crippen molar-refractivity contribution >= 4 is 49.0 Å². The summed E-state index contributed by atoms with van der Waals surface area (Å²) in [6, 6.07) is 14.0. The number of nitrogens with zero attached hydrogens (tertiary/aromatic N) is 2. The van der Waals surface area contributed by atoms with Gasteiger partial charge in [0, 0.05) is 23.3 Å². The molecule has 0 radical (unpaired) electrons. The summed E-state index contributed by atoms with van der Waals surface area (Å²) >= 11 is 0. The van der Waals surface area contributed by atoms with E-state index in [9.17, 15) is 13.2 Å². The molecular weight excluding hydrogens is 432 g/mol. The largest absolute Gasteiger partial charge is 0.413 e. The van der Waals surface area contributed by atoms with Crippen LogP contribution in [0.5, 0.6) is 5.88 Å². The molecule has 0 aliphatic carbocycles. The summed E-state index contributed by atoms with van der Waals surface area (Å²) in [6.07, 6.45) is -0.683. The molecule has 11 heteroatoms. The summed E-state index contributed by atoms with van der Waals surface area (Å²) in [7, 11) is -0.840. The van der Waals surface area contributed by atoms with Crippen LogP contribution >= 0.6 is 0 Å². The SMILES string of the molecule is CNC(=O)Oc1nc(-c2nc3ccccc3[nH]2)cc2c1[nH]c1ccc(S(=O)(=O)NC)cc12. The number of amides is 1. The van der Waals surface area contributed by atoms with E-state index in [0.717, 1.165) is 11.0 Å². The second kappa shape index (κ2) is 7.32. The highest BCUT2D eigenvalue weighted by Crippen LogP contribution is 2.35. The van der Waals surface area contributed by atoms with Crippen LogP contribution in [0.25, 0.3) is 44.4 Å². The number of aromatic amines is 2. The Morgan fingerprint density at radius 2 is 1.78 bits per heavy atom. The van der Waals surface area contributed by atoms with Crippen LogP contribution in [-0.2, 0) is 10.0 Å². The number of imidazole rings is 1. The van der Waals surface area contributed by atoms with Crippen LogP contribution in [0.15, 0.2) is 53.4 Å². The van der Waals surface area contributed by atoms with Crippen molar-refractivity contribution in [2.75, 3.05) is 14.1 Å². The van der Waals surface area contributed by atoms with E-state index >= 15 is 0 Å². The number of H-pyrrole nitrogens is 2. The molecule has 5 aromatic rings. The van der Waals surface area contributed by atoms with Gasteiger partial charge in [0.05, 0.1) is 15.9 Å². The fraction of sp³-hybridized carbons (Fsp3) is 0.0952. The van der Waals surface area contributed by atoms with Crippen molar-refractivity contribution in [3.8, 4) is 17.4 Å². The molecule has 0 fully saturated rings. The van der Waals surface area contributed by atoms with Crippen molar-refractivity contribution in [2.45, 2.75) is 4.90 Å². The van der Waals surface area contributed by atoms with Crippen molar-refractivity contribution in [3.05, 3.63) is 48.5 Å². The van der Waals surface area contributed by atoms with Gasteiger partial charge in [-0.2, -0.15) is 0 Å². The number of hydrogen-bond acceptors (Lipinski definition) is 6. The van der Waals surface area contributed by atoms with Gasteiger partial charge in [0.2, 0.25) is 15.9 Å². The number of carbonyl (C=O) groups excluding carboxylic acids is 1. The van der Waals surface area contributed by atoms with E-state index in [2.05, 4.69) is 30.0 Å². The molecule has 0 atom stereocenters. The number of aromatic nitrogens is 4. The molecule has 0 aliphatic rings. The van der Waals surface area contributed by atoms with Gasteiger partial charge >= 0.3 is 6.09 Å². The summed E-state index contributed by atoms with van der Waals surface area (Å²) in [5.74, 6) is 0.537. The first kappa shape index (κ1) is 20.0. The fourth-order valence-corrected chi connectivity index (χ4v) is 4.29. The lowest BCUT2D eigenvalue weighted by molar-refractivity contribution is 0.201. The molecule has 0 unspecified atom stereocenters. The number of carbonyl (C=O) groups is 1. The molecule has 0 bridgehead atoms. The molecule has 2 aromatic carbocycles. The highest BCUT2D eigenvalue weighted by atomic mass is 32.2. The van der Waals surface area contributed by atoms with Gasteiger partial charge in [0.1, 0.15) is 11.2 Å². The van der Waals surface area contributed by atoms with Crippen LogP contribution < -0.4 is 14.8 Å². The zero-order valence-corrected chi connectivity index (χ0v) is 17.9. The van der Waals surface area contributed by atoms with Gasteiger partial charge in [-0.15, -0.1) is 0 Å². The van der Waals surface area contributed by atoms with Crippen LogP contribution in [0, 0.1) is 0 Å². The van der Waals surface area contributed by atoms with E-state index in [4.69, 9.17) is 4.74 Å². The van der Waals surface area contributed by atoms with E-state index < -0.39 is 16.1 Å². The number of rotatable bonds is 4. The van der Waals surface area contributed by atoms with E-state index in [0.29, 0.717) is 33.3 Å². The lowest BCUT2D eigenvalue weighted by atomic mass is 10.1. The molecule has 10 nitrogen and oxygen atoms in total. The number of pyridine rings is 1. The Balaban J connectivity index is 1.79. The average Bonchev–Trinajstić information content (AvgIpc) is 3.40. The summed E-state index contributed by atoms with van der Waals surface area (Å²) < 4.78 is 32.3. The fourth-order valence-electron chi connectivity index (χ4n) is 3.54. The normalized spacial score (nSPS) is 11.9. The summed E-state index contributed by atoms with van der Waals surface area (Å²) in [6.45, 7) is 0. The maximum Gasteiger partial charge on any atom is 0.413 e. The monoisotopic (exact) mass is 450 g/mol. The smallest absolute Gasteiger partial charge is 0.389 e. The molecule has 5 rings (SSSR count). The van der Waals surface area contributed by atoms with Crippen LogP contribution in [-0.4, -0.2) is 48.5 Å². The van der Waals surface area contributed by atoms with Gasteiger partial charge in [-0.25, -0.2) is 27.9 Å². The molecule has 0 spiro atoms. The minimum absolute atomic E-state index is 0.0477. The molecule has 0 saturated heterocycles. The number of para-hydroxylation sites is 2. The van der Waals surface area contributed by atoms with Crippen LogP contribution in [0.3, 0.4) is 0 Å². The van der Waals surface area contributed by atoms with Crippen LogP contribution in [0.2, 0.25) is 0 Å². The quantitative estimate of drug-likeness (QED) is 0.332. The first-order valence-corrected chi connectivity index (χ1v) is 11.1. The van der Waals surface area contributed by atoms with Crippen molar-refractivity contribution in [1.29, 1.82) is 0 Å². The second-order valence-corrected chi connectivity index (χ2v) is 8.90. The van der Waals surface area contributed by atoms with Crippen LogP contribution in [0.1, 0.15) is 0 Å². The number of nitrogens with one attached hydrogen (secondary N) is 4. The summed E-state index contributed by atoms with van der Waals surface area (Å²) in [5, 5.41) is 3.68. The predicted molar refractivity (Wildman–Crippen MR) is 120 cm³/mol. The van der Waals surface area contributed by atoms with E-state index in [-0.39, 0.29) is 10.8 Å². The molecule has 0 saturated carbocycles. The Bertz CT molecular complexity index is 1590. The number of benzene rings is 2. The third-order valence-electron chi connectivity index (χ3n) is 5.13. The third kappa shape index (κ3) is 3.24. The van der Waals surface area contributed by atoms with Gasteiger partial charge < -0.3 is 20.0 Å². The molecule has 0 aliphatic heterocycles. The Morgan fingerprint density at radius 3 is 2.53 bits per heavy atom. The number of hydrogen-bond donors (Lipinski definition) is 4. The van der Waals surface area contributed by atoms with E-state index in [1.807, 2.05) is 24.3 Å². The molecule has 162 valence electrons. The number of sulfonamides is 1. The Morgan fingerprint density at radius 1 is 0.969 bits per heavy atom. The maximum absolute atomic E-state index is 12.3. The molecule has 4 N–H and O–H groups in total. The van der Waals surface area contributed by atoms with Crippen molar-refractivity contribution < 1.29 is 17.9 Å². The van der Waals surface area contributed by atoms with E-state index in [1.54, 1.807) is 18.2 Å². The van der Waals surface area contributed by atoms with Gasteiger partial charge in [0.25, 0.3) is 0 Å². The lowest BCUT2D eigenvalue weighted by Crippen LogP contribution is -2.22. The van der Waals surface area contributed by atoms with Crippen molar-refractivity contribution in [2.24, 2.45) is 0 Å². The highest BCUT2D eigenvalue weighted by Gasteiger charge is 2.20. The van der Waals surface area contributed by atoms with Gasteiger partial charge in [0.15, 0.2) is 5.82 Å². The minimum atomic E-state index is -3.64. The first-order chi connectivity index (χ1) is 15.4. The Hall–Kier alpha value is -3.96. The topological polar surface area (TPSA) is 142 Å². The Kier molecular flexibility index (Phi) is 4.57. The molecule has 1 amide bonds. The average molecular weight is 450 g/mol. The summed E-state index contributed by atoms with van der Waals surface area (Å²) in [5.41, 5.74) is 3.16. The predicted octanol–water partition coefficient (Wildman–Crippen LogP) is 2.89. The number of fused-ring (bicyclic) bond motifs is 4. The van der Waals surface area contributed by atoms with Gasteiger partial charge in [-0.3, -0.25) is 0 Å². The summed E-state index contributed by atoms with van der Waals surface area (Å²) in [4.78, 5) is 27.5. The van der Waals surface area contributed by atoms with Crippen molar-refractivity contribution in [1.82, 2.24) is 30.0 Å². The maximum atomic E-state index is 12.3. The standard InChI is InChI=1S/C21H18N6O4S/c1-22-21(28)31-20-18-13(12-9-11(32(29,30)23-2)7-8-14(12)24-18)10-17(27-20)19-25-15-5-3-4-6-16(15)26-19/h3-10,23-24H,1-2H3,(H,22,28)(H,25,26). The molecule has 32 heavy (non-hydrogen) atoms. The second-order valence-electron chi connectivity index (χ2n) is 7.02. The zero-order chi connectivity index (χ0) is 22.5. The van der Waals surface area contributed by atoms with Crippen LogP contribution in [0.4, 0.5) is 4.79 Å². The third-order valence-corrected chi connectivity index (χ3v) is 6.54. The van der Waals surface area contributed by atoms with Crippen molar-refractivity contribution in [3.63, 3.8) is 0 Å². The first-order valence-electron chi connectivity index (χ1n) is 9.64. The zero-order valence-electron chi connectivity index (χ0n) is 17.1.